The van der Waals surface area contributed by atoms with Crippen LogP contribution in [-0.4, -0.2) is 34.5 Å². The van der Waals surface area contributed by atoms with E-state index in [2.05, 4.69) is 29.9 Å². The molecule has 0 aliphatic carbocycles. The molecule has 0 saturated heterocycles. The van der Waals surface area contributed by atoms with Gasteiger partial charge in [0.15, 0.2) is 5.16 Å². The van der Waals surface area contributed by atoms with Crippen molar-refractivity contribution in [3.8, 4) is 5.95 Å². The first-order valence-electron chi connectivity index (χ1n) is 4.88. The summed E-state index contributed by atoms with van der Waals surface area (Å²) in [5.74, 6) is 0.418. The molecule has 9 heteroatoms. The molecule has 1 N–H and O–H groups in total. The third-order valence-corrected chi connectivity index (χ3v) is 2.92. The van der Waals surface area contributed by atoms with Crippen LogP contribution in [-0.2, 0) is 0 Å². The molecule has 7 nitrogen and oxygen atoms in total. The SMILES string of the molecule is Clc1nc(Sc2ncc[nH]2)nc(-n2ccnc2)n1. The Balaban J connectivity index is 1.96. The van der Waals surface area contributed by atoms with Gasteiger partial charge in [-0.1, -0.05) is 0 Å². The van der Waals surface area contributed by atoms with Gasteiger partial charge in [-0.25, -0.2) is 9.97 Å². The predicted molar refractivity (Wildman–Crippen MR) is 64.7 cm³/mol. The van der Waals surface area contributed by atoms with Crippen molar-refractivity contribution in [2.75, 3.05) is 0 Å². The molecule has 0 unspecified atom stereocenters. The first-order chi connectivity index (χ1) is 8.81. The maximum absolute atomic E-state index is 5.87. The number of aromatic nitrogens is 7. The van der Waals surface area contributed by atoms with Gasteiger partial charge in [-0.15, -0.1) is 0 Å². The lowest BCUT2D eigenvalue weighted by molar-refractivity contribution is 0.821. The van der Waals surface area contributed by atoms with Gasteiger partial charge in [-0.2, -0.15) is 15.0 Å². The number of hydrogen-bond acceptors (Lipinski definition) is 6. The largest absolute Gasteiger partial charge is 0.339 e. The summed E-state index contributed by atoms with van der Waals surface area (Å²) in [6.45, 7) is 0. The van der Waals surface area contributed by atoms with Gasteiger partial charge in [-0.3, -0.25) is 4.57 Å². The van der Waals surface area contributed by atoms with Crippen molar-refractivity contribution in [2.24, 2.45) is 0 Å². The second-order valence-electron chi connectivity index (χ2n) is 3.15. The summed E-state index contributed by atoms with van der Waals surface area (Å²) in [5.41, 5.74) is 0. The van der Waals surface area contributed by atoms with Gasteiger partial charge in [0, 0.05) is 24.8 Å². The number of rotatable bonds is 3. The standard InChI is InChI=1S/C9H6ClN7S/c10-6-14-7(17-4-3-11-5-17)16-9(15-6)18-8-12-1-2-13-8/h1-5H,(H,12,13). The number of imidazole rings is 2. The highest BCUT2D eigenvalue weighted by molar-refractivity contribution is 7.99. The Morgan fingerprint density at radius 2 is 2.17 bits per heavy atom. The van der Waals surface area contributed by atoms with E-state index < -0.39 is 0 Å². The van der Waals surface area contributed by atoms with Crippen LogP contribution in [0, 0.1) is 0 Å². The summed E-state index contributed by atoms with van der Waals surface area (Å²) in [5, 5.41) is 1.28. The van der Waals surface area contributed by atoms with Gasteiger partial charge in [0.2, 0.25) is 16.4 Å². The monoisotopic (exact) mass is 279 g/mol. The number of aromatic amines is 1. The van der Waals surface area contributed by atoms with Crippen molar-refractivity contribution in [3.63, 3.8) is 0 Å². The van der Waals surface area contributed by atoms with E-state index in [9.17, 15) is 0 Å². The summed E-state index contributed by atoms with van der Waals surface area (Å²) in [4.78, 5) is 23.3. The summed E-state index contributed by atoms with van der Waals surface area (Å²) >= 11 is 7.14. The summed E-state index contributed by atoms with van der Waals surface area (Å²) in [6.07, 6.45) is 8.33. The zero-order valence-corrected chi connectivity index (χ0v) is 10.4. The normalized spacial score (nSPS) is 10.7. The van der Waals surface area contributed by atoms with E-state index in [-0.39, 0.29) is 5.28 Å². The van der Waals surface area contributed by atoms with Crippen molar-refractivity contribution in [1.82, 2.24) is 34.5 Å². The molecule has 0 spiro atoms. The van der Waals surface area contributed by atoms with Crippen molar-refractivity contribution < 1.29 is 0 Å². The molecule has 0 amide bonds. The lowest BCUT2D eigenvalue weighted by Crippen LogP contribution is -2.02. The second kappa shape index (κ2) is 4.75. The van der Waals surface area contributed by atoms with Crippen molar-refractivity contribution in [2.45, 2.75) is 10.3 Å². The minimum absolute atomic E-state index is 0.128. The van der Waals surface area contributed by atoms with Gasteiger partial charge in [0.05, 0.1) is 0 Å². The number of nitrogens with one attached hydrogen (secondary N) is 1. The van der Waals surface area contributed by atoms with Crippen LogP contribution in [0.5, 0.6) is 0 Å². The highest BCUT2D eigenvalue weighted by Gasteiger charge is 2.09. The molecule has 0 fully saturated rings. The molecular weight excluding hydrogens is 274 g/mol. The fourth-order valence-electron chi connectivity index (χ4n) is 1.25. The maximum Gasteiger partial charge on any atom is 0.240 e. The lowest BCUT2D eigenvalue weighted by Gasteiger charge is -2.02. The van der Waals surface area contributed by atoms with Crippen molar-refractivity contribution in [3.05, 3.63) is 36.4 Å². The third kappa shape index (κ3) is 2.34. The number of hydrogen-bond donors (Lipinski definition) is 1. The lowest BCUT2D eigenvalue weighted by atomic mass is 10.8. The summed E-state index contributed by atoms with van der Waals surface area (Å²) in [7, 11) is 0. The molecule has 0 bridgehead atoms. The maximum atomic E-state index is 5.87. The van der Waals surface area contributed by atoms with Crippen LogP contribution >= 0.6 is 23.4 Å². The minimum atomic E-state index is 0.128. The van der Waals surface area contributed by atoms with Gasteiger partial charge in [-0.05, 0) is 23.4 Å². The topological polar surface area (TPSA) is 85.2 Å². The van der Waals surface area contributed by atoms with E-state index in [0.717, 1.165) is 0 Å². The van der Waals surface area contributed by atoms with Gasteiger partial charge in [0.25, 0.3) is 0 Å². The number of nitrogens with zero attached hydrogens (tertiary/aromatic N) is 6. The zero-order chi connectivity index (χ0) is 12.4. The number of H-pyrrole nitrogens is 1. The van der Waals surface area contributed by atoms with Crippen molar-refractivity contribution >= 4 is 23.4 Å². The molecule has 18 heavy (non-hydrogen) atoms. The average molecular weight is 280 g/mol. The zero-order valence-electron chi connectivity index (χ0n) is 8.86. The predicted octanol–water partition coefficient (Wildman–Crippen LogP) is 1.58. The minimum Gasteiger partial charge on any atom is -0.339 e. The molecule has 3 rings (SSSR count). The van der Waals surface area contributed by atoms with E-state index in [4.69, 9.17) is 11.6 Å². The van der Waals surface area contributed by atoms with Crippen LogP contribution in [0.2, 0.25) is 5.28 Å². The quantitative estimate of drug-likeness (QED) is 0.783. The second-order valence-corrected chi connectivity index (χ2v) is 4.45. The number of halogens is 1. The highest BCUT2D eigenvalue weighted by atomic mass is 35.5. The molecule has 0 saturated carbocycles. The average Bonchev–Trinajstić information content (AvgIpc) is 3.00. The Morgan fingerprint density at radius 1 is 1.22 bits per heavy atom. The fraction of sp³-hybridized carbons (Fsp3) is 0. The van der Waals surface area contributed by atoms with Crippen LogP contribution in [0.3, 0.4) is 0 Å². The van der Waals surface area contributed by atoms with Crippen LogP contribution in [0.4, 0.5) is 0 Å². The Morgan fingerprint density at radius 3 is 2.89 bits per heavy atom. The van der Waals surface area contributed by atoms with Crippen LogP contribution < -0.4 is 0 Å². The highest BCUT2D eigenvalue weighted by Crippen LogP contribution is 2.21. The first-order valence-corrected chi connectivity index (χ1v) is 6.08. The smallest absolute Gasteiger partial charge is 0.240 e. The van der Waals surface area contributed by atoms with E-state index in [1.807, 2.05) is 0 Å². The first kappa shape index (κ1) is 11.2. The Hall–Kier alpha value is -1.93. The van der Waals surface area contributed by atoms with E-state index in [1.165, 1.54) is 11.8 Å². The molecule has 0 aromatic carbocycles. The fourth-order valence-corrected chi connectivity index (χ4v) is 2.13. The Bertz CT molecular complexity index is 637. The molecular formula is C9H6ClN7S. The van der Waals surface area contributed by atoms with Gasteiger partial charge >= 0.3 is 0 Å². The molecule has 90 valence electrons. The van der Waals surface area contributed by atoms with Crippen LogP contribution in [0.15, 0.2) is 41.4 Å². The summed E-state index contributed by atoms with van der Waals surface area (Å²) in [6, 6.07) is 0. The third-order valence-electron chi connectivity index (χ3n) is 1.97. The van der Waals surface area contributed by atoms with E-state index in [1.54, 1.807) is 35.7 Å². The van der Waals surface area contributed by atoms with Gasteiger partial charge < -0.3 is 4.98 Å². The van der Waals surface area contributed by atoms with Gasteiger partial charge in [0.1, 0.15) is 6.33 Å². The molecule has 3 aromatic heterocycles. The van der Waals surface area contributed by atoms with E-state index in [0.29, 0.717) is 16.3 Å². The van der Waals surface area contributed by atoms with Crippen LogP contribution in [0.25, 0.3) is 5.95 Å². The molecule has 3 aromatic rings. The molecule has 0 aliphatic heterocycles. The molecule has 0 aliphatic rings. The van der Waals surface area contributed by atoms with Crippen molar-refractivity contribution in [1.29, 1.82) is 0 Å². The Labute approximate surface area is 111 Å². The summed E-state index contributed by atoms with van der Waals surface area (Å²) < 4.78 is 1.65. The van der Waals surface area contributed by atoms with E-state index >= 15 is 0 Å². The molecule has 3 heterocycles. The molecule has 0 radical (unpaired) electrons. The Kier molecular flexibility index (Phi) is 2.95. The van der Waals surface area contributed by atoms with Crippen LogP contribution in [0.1, 0.15) is 0 Å². The molecule has 0 atom stereocenters.